The van der Waals surface area contributed by atoms with Gasteiger partial charge in [0.15, 0.2) is 5.16 Å². The molecule has 0 radical (unpaired) electrons. The van der Waals surface area contributed by atoms with E-state index in [-0.39, 0.29) is 11.8 Å². The first-order valence-corrected chi connectivity index (χ1v) is 12.6. The molecule has 2 aromatic heterocycles. The first-order chi connectivity index (χ1) is 17.2. The van der Waals surface area contributed by atoms with E-state index in [1.54, 1.807) is 6.20 Å². The Balaban J connectivity index is 1.24. The first kappa shape index (κ1) is 21.7. The van der Waals surface area contributed by atoms with Crippen LogP contribution in [0.3, 0.4) is 0 Å². The van der Waals surface area contributed by atoms with Crippen molar-refractivity contribution in [1.29, 1.82) is 0 Å². The lowest BCUT2D eigenvalue weighted by Gasteiger charge is -2.30. The highest BCUT2D eigenvalue weighted by atomic mass is 32.2. The molecule has 2 aliphatic rings. The summed E-state index contributed by atoms with van der Waals surface area (Å²) in [7, 11) is 0. The lowest BCUT2D eigenvalue weighted by Crippen LogP contribution is -2.31. The third kappa shape index (κ3) is 5.14. The summed E-state index contributed by atoms with van der Waals surface area (Å²) in [4.78, 5) is 25.0. The Hall–Kier alpha value is -3.85. The Labute approximate surface area is 207 Å². The van der Waals surface area contributed by atoms with E-state index in [1.807, 2.05) is 36.4 Å². The minimum Gasteiger partial charge on any atom is -0.352 e. The molecular weight excluding hydrogens is 458 g/mol. The summed E-state index contributed by atoms with van der Waals surface area (Å²) in [5.74, 6) is 2.65. The van der Waals surface area contributed by atoms with Gasteiger partial charge in [0.1, 0.15) is 17.5 Å². The molecule has 3 N–H and O–H groups in total. The molecule has 35 heavy (non-hydrogen) atoms. The fourth-order valence-corrected chi connectivity index (χ4v) is 4.91. The number of amides is 1. The van der Waals surface area contributed by atoms with E-state index in [1.165, 1.54) is 22.9 Å². The van der Waals surface area contributed by atoms with Crippen molar-refractivity contribution in [3.05, 3.63) is 78.0 Å². The van der Waals surface area contributed by atoms with Crippen LogP contribution < -0.4 is 15.5 Å². The van der Waals surface area contributed by atoms with Gasteiger partial charge in [-0.2, -0.15) is 5.10 Å². The fraction of sp³-hybridized carbons (Fsp3) is 0.231. The smallest absolute Gasteiger partial charge is 0.227 e. The summed E-state index contributed by atoms with van der Waals surface area (Å²) in [6.07, 6.45) is 4.67. The number of H-pyrrole nitrogens is 1. The Bertz CT molecular complexity index is 1340. The van der Waals surface area contributed by atoms with Crippen LogP contribution in [-0.4, -0.2) is 32.6 Å². The molecule has 1 amide bonds. The lowest BCUT2D eigenvalue weighted by atomic mass is 10.00. The highest BCUT2D eigenvalue weighted by molar-refractivity contribution is 7.99. The van der Waals surface area contributed by atoms with Gasteiger partial charge in [0.2, 0.25) is 5.91 Å². The van der Waals surface area contributed by atoms with Crippen molar-refractivity contribution < 1.29 is 4.79 Å². The molecule has 0 atom stereocenters. The predicted octanol–water partition coefficient (Wildman–Crippen LogP) is 5.01. The maximum atomic E-state index is 12.0. The SMILES string of the molecule is O=C(Nc1ccc(Sc2nc(Nc3ccn[nH]3)cc(N3CCc4ccccc4C3)n2)cc1)C1CC1. The number of nitrogens with zero attached hydrogens (tertiary/aromatic N) is 4. The molecule has 8 nitrogen and oxygen atoms in total. The quantitative estimate of drug-likeness (QED) is 0.318. The maximum Gasteiger partial charge on any atom is 0.227 e. The molecule has 0 bridgehead atoms. The maximum absolute atomic E-state index is 12.0. The number of hydrogen-bond donors (Lipinski definition) is 3. The lowest BCUT2D eigenvalue weighted by molar-refractivity contribution is -0.117. The monoisotopic (exact) mass is 483 g/mol. The zero-order valence-corrected chi connectivity index (χ0v) is 19.9. The predicted molar refractivity (Wildman–Crippen MR) is 137 cm³/mol. The topological polar surface area (TPSA) is 98.8 Å². The van der Waals surface area contributed by atoms with Gasteiger partial charge in [0.25, 0.3) is 0 Å². The second-order valence-electron chi connectivity index (χ2n) is 8.82. The summed E-state index contributed by atoms with van der Waals surface area (Å²) < 4.78 is 0. The number of aromatic amines is 1. The third-order valence-corrected chi connectivity index (χ3v) is 7.06. The standard InChI is InChI=1S/C26H25N7OS/c34-25(18-5-6-18)28-20-7-9-21(10-8-20)35-26-30-23(29-22-11-13-27-32-22)15-24(31-26)33-14-12-17-3-1-2-4-19(17)16-33/h1-4,7-11,13,15,18H,5-6,12,14,16H2,(H,28,34)(H2,27,29,30,31,32). The molecule has 1 aliphatic carbocycles. The number of benzene rings is 2. The Kier molecular flexibility index (Phi) is 5.83. The molecular formula is C26H25N7OS. The van der Waals surface area contributed by atoms with Crippen molar-refractivity contribution in [3.63, 3.8) is 0 Å². The molecule has 2 aromatic carbocycles. The van der Waals surface area contributed by atoms with Gasteiger partial charge < -0.3 is 15.5 Å². The second kappa shape index (κ2) is 9.42. The van der Waals surface area contributed by atoms with Crippen molar-refractivity contribution in [2.45, 2.75) is 35.9 Å². The van der Waals surface area contributed by atoms with Gasteiger partial charge in [-0.1, -0.05) is 24.3 Å². The zero-order chi connectivity index (χ0) is 23.6. The summed E-state index contributed by atoms with van der Waals surface area (Å²) in [6.45, 7) is 1.72. The van der Waals surface area contributed by atoms with Crippen LogP contribution >= 0.6 is 11.8 Å². The van der Waals surface area contributed by atoms with Crippen LogP contribution in [0.4, 0.5) is 23.1 Å². The van der Waals surface area contributed by atoms with Crippen LogP contribution in [0.15, 0.2) is 76.9 Å². The molecule has 6 rings (SSSR count). The Morgan fingerprint density at radius 2 is 1.86 bits per heavy atom. The molecule has 1 aliphatic heterocycles. The summed E-state index contributed by atoms with van der Waals surface area (Å²) >= 11 is 1.50. The van der Waals surface area contributed by atoms with Crippen LogP contribution in [-0.2, 0) is 17.8 Å². The van der Waals surface area contributed by atoms with E-state index < -0.39 is 0 Å². The number of aromatic nitrogens is 4. The van der Waals surface area contributed by atoms with Crippen LogP contribution in [0.25, 0.3) is 0 Å². The number of nitrogens with one attached hydrogen (secondary N) is 3. The molecule has 3 heterocycles. The summed E-state index contributed by atoms with van der Waals surface area (Å²) in [5, 5.41) is 13.9. The van der Waals surface area contributed by atoms with Gasteiger partial charge in [-0.05, 0) is 66.4 Å². The molecule has 1 saturated carbocycles. The number of rotatable bonds is 7. The number of hydrogen-bond acceptors (Lipinski definition) is 7. The summed E-state index contributed by atoms with van der Waals surface area (Å²) in [6, 6.07) is 20.3. The van der Waals surface area contributed by atoms with E-state index in [0.717, 1.165) is 54.6 Å². The highest BCUT2D eigenvalue weighted by Gasteiger charge is 2.29. The van der Waals surface area contributed by atoms with E-state index in [2.05, 4.69) is 50.0 Å². The first-order valence-electron chi connectivity index (χ1n) is 11.8. The molecule has 4 aromatic rings. The van der Waals surface area contributed by atoms with E-state index in [0.29, 0.717) is 11.0 Å². The Morgan fingerprint density at radius 1 is 1.03 bits per heavy atom. The van der Waals surface area contributed by atoms with Gasteiger partial charge in [0.05, 0.1) is 6.20 Å². The second-order valence-corrected chi connectivity index (χ2v) is 9.86. The van der Waals surface area contributed by atoms with Gasteiger partial charge in [-0.25, -0.2) is 9.97 Å². The van der Waals surface area contributed by atoms with Crippen molar-refractivity contribution in [2.24, 2.45) is 5.92 Å². The highest BCUT2D eigenvalue weighted by Crippen LogP contribution is 2.33. The number of anilines is 4. The largest absolute Gasteiger partial charge is 0.352 e. The van der Waals surface area contributed by atoms with Gasteiger partial charge in [-0.3, -0.25) is 9.89 Å². The van der Waals surface area contributed by atoms with Crippen LogP contribution in [0.5, 0.6) is 0 Å². The fourth-order valence-electron chi connectivity index (χ4n) is 4.14. The van der Waals surface area contributed by atoms with Crippen LogP contribution in [0, 0.1) is 5.92 Å². The number of fused-ring (bicyclic) bond motifs is 1. The normalized spacial score (nSPS) is 14.9. The average molecular weight is 484 g/mol. The Morgan fingerprint density at radius 3 is 2.63 bits per heavy atom. The molecule has 9 heteroatoms. The third-order valence-electron chi connectivity index (χ3n) is 6.19. The van der Waals surface area contributed by atoms with E-state index >= 15 is 0 Å². The van der Waals surface area contributed by atoms with Gasteiger partial charge in [-0.15, -0.1) is 0 Å². The van der Waals surface area contributed by atoms with Gasteiger partial charge >= 0.3 is 0 Å². The minimum absolute atomic E-state index is 0.110. The molecule has 1 fully saturated rings. The van der Waals surface area contributed by atoms with Crippen molar-refractivity contribution in [2.75, 3.05) is 22.1 Å². The molecule has 0 unspecified atom stereocenters. The molecule has 176 valence electrons. The van der Waals surface area contributed by atoms with Crippen LogP contribution in [0.1, 0.15) is 24.0 Å². The van der Waals surface area contributed by atoms with Crippen molar-refractivity contribution in [1.82, 2.24) is 20.2 Å². The molecule has 0 saturated heterocycles. The van der Waals surface area contributed by atoms with Crippen molar-refractivity contribution >= 4 is 40.8 Å². The van der Waals surface area contributed by atoms with Crippen LogP contribution in [0.2, 0.25) is 0 Å². The number of carbonyl (C=O) groups is 1. The van der Waals surface area contributed by atoms with Gasteiger partial charge in [0, 0.05) is 41.7 Å². The van der Waals surface area contributed by atoms with E-state index in [9.17, 15) is 4.79 Å². The minimum atomic E-state index is 0.110. The molecule has 0 spiro atoms. The average Bonchev–Trinajstić information content (AvgIpc) is 3.62. The summed E-state index contributed by atoms with van der Waals surface area (Å²) in [5.41, 5.74) is 3.55. The zero-order valence-electron chi connectivity index (χ0n) is 19.1. The number of carbonyl (C=O) groups excluding carboxylic acids is 1. The van der Waals surface area contributed by atoms with E-state index in [4.69, 9.17) is 9.97 Å². The van der Waals surface area contributed by atoms with Crippen molar-refractivity contribution in [3.8, 4) is 0 Å².